The smallest absolute Gasteiger partial charge is 0.0918 e. The molecule has 0 spiro atoms. The second-order valence-corrected chi connectivity index (χ2v) is 5.60. The van der Waals surface area contributed by atoms with Crippen LogP contribution in [-0.2, 0) is 10.3 Å². The molecule has 98 valence electrons. The summed E-state index contributed by atoms with van der Waals surface area (Å²) < 4.78 is 5.63. The Morgan fingerprint density at radius 1 is 1.39 bits per heavy atom. The maximum absolute atomic E-state index is 10.8. The lowest BCUT2D eigenvalue weighted by atomic mass is 9.89. The predicted molar refractivity (Wildman–Crippen MR) is 70.1 cm³/mol. The van der Waals surface area contributed by atoms with Gasteiger partial charge in [-0.05, 0) is 43.2 Å². The van der Waals surface area contributed by atoms with Crippen LogP contribution in [0.3, 0.4) is 0 Å². The Hall–Kier alpha value is -0.900. The fourth-order valence-corrected chi connectivity index (χ4v) is 3.34. The lowest BCUT2D eigenvalue weighted by Gasteiger charge is -2.25. The molecule has 1 aliphatic carbocycles. The number of aliphatic hydroxyl groups is 1. The minimum Gasteiger partial charge on any atom is -0.385 e. The number of hydrogen-bond acceptors (Lipinski definition) is 3. The third-order valence-corrected chi connectivity index (χ3v) is 4.32. The van der Waals surface area contributed by atoms with Gasteiger partial charge in [-0.25, -0.2) is 0 Å². The van der Waals surface area contributed by atoms with Gasteiger partial charge in [-0.3, -0.25) is 0 Å². The van der Waals surface area contributed by atoms with Crippen LogP contribution in [0, 0.1) is 0 Å². The molecule has 1 aromatic carbocycles. The lowest BCUT2D eigenvalue weighted by Crippen LogP contribution is -2.25. The third kappa shape index (κ3) is 2.07. The van der Waals surface area contributed by atoms with Gasteiger partial charge in [-0.15, -0.1) is 0 Å². The number of rotatable bonds is 3. The molecular formula is C15H21NO2. The molecule has 1 aromatic rings. The van der Waals surface area contributed by atoms with Crippen LogP contribution in [0.5, 0.6) is 0 Å². The zero-order valence-electron chi connectivity index (χ0n) is 10.6. The first kappa shape index (κ1) is 12.2. The molecule has 3 atom stereocenters. The van der Waals surface area contributed by atoms with E-state index in [1.54, 1.807) is 0 Å². The molecule has 3 N–H and O–H groups in total. The number of fused-ring (bicyclic) bond motifs is 1. The van der Waals surface area contributed by atoms with Crippen molar-refractivity contribution in [2.75, 3.05) is 6.61 Å². The molecule has 3 nitrogen and oxygen atoms in total. The van der Waals surface area contributed by atoms with Gasteiger partial charge in [0.1, 0.15) is 0 Å². The summed E-state index contributed by atoms with van der Waals surface area (Å²) in [6.45, 7) is 0.874. The molecule has 3 rings (SSSR count). The van der Waals surface area contributed by atoms with E-state index < -0.39 is 5.60 Å². The van der Waals surface area contributed by atoms with Crippen LogP contribution in [0.4, 0.5) is 0 Å². The molecular weight excluding hydrogens is 226 g/mol. The molecule has 1 aliphatic heterocycles. The van der Waals surface area contributed by atoms with Gasteiger partial charge in [-0.2, -0.15) is 0 Å². The largest absolute Gasteiger partial charge is 0.385 e. The van der Waals surface area contributed by atoms with E-state index in [4.69, 9.17) is 10.5 Å². The average Bonchev–Trinajstić information content (AvgIpc) is 2.97. The molecule has 1 fully saturated rings. The second kappa shape index (κ2) is 4.65. The van der Waals surface area contributed by atoms with E-state index in [2.05, 4.69) is 0 Å². The van der Waals surface area contributed by atoms with Crippen molar-refractivity contribution in [2.45, 2.75) is 49.9 Å². The molecule has 0 saturated carbocycles. The first-order valence-corrected chi connectivity index (χ1v) is 6.88. The molecule has 0 aromatic heterocycles. The molecule has 0 radical (unpaired) electrons. The van der Waals surface area contributed by atoms with Crippen molar-refractivity contribution in [1.82, 2.24) is 0 Å². The SMILES string of the molecule is NC1CC(O)(CCC2CCCO2)c2ccccc21. The third-order valence-electron chi connectivity index (χ3n) is 4.32. The number of ether oxygens (including phenoxy) is 1. The number of benzene rings is 1. The Labute approximate surface area is 108 Å². The standard InChI is InChI=1S/C15H21NO2/c16-14-10-15(17,8-7-11-4-3-9-18-11)13-6-2-1-5-12(13)14/h1-2,5-6,11,14,17H,3-4,7-10,16H2. The highest BCUT2D eigenvalue weighted by atomic mass is 16.5. The van der Waals surface area contributed by atoms with Crippen LogP contribution < -0.4 is 5.73 Å². The van der Waals surface area contributed by atoms with E-state index in [1.807, 2.05) is 24.3 Å². The quantitative estimate of drug-likeness (QED) is 0.861. The topological polar surface area (TPSA) is 55.5 Å². The maximum atomic E-state index is 10.8. The van der Waals surface area contributed by atoms with Crippen molar-refractivity contribution in [2.24, 2.45) is 5.73 Å². The van der Waals surface area contributed by atoms with Crippen LogP contribution in [0.2, 0.25) is 0 Å². The minimum atomic E-state index is -0.748. The Balaban J connectivity index is 1.74. The van der Waals surface area contributed by atoms with Crippen LogP contribution in [0.1, 0.15) is 49.3 Å². The van der Waals surface area contributed by atoms with Crippen molar-refractivity contribution in [1.29, 1.82) is 0 Å². The van der Waals surface area contributed by atoms with Crippen LogP contribution >= 0.6 is 0 Å². The molecule has 1 saturated heterocycles. The van der Waals surface area contributed by atoms with Gasteiger partial charge in [0.15, 0.2) is 0 Å². The van der Waals surface area contributed by atoms with E-state index in [0.717, 1.165) is 43.4 Å². The molecule has 0 bridgehead atoms. The summed E-state index contributed by atoms with van der Waals surface area (Å²) >= 11 is 0. The lowest BCUT2D eigenvalue weighted by molar-refractivity contribution is 0.00458. The second-order valence-electron chi connectivity index (χ2n) is 5.60. The molecule has 3 heteroatoms. The average molecular weight is 247 g/mol. The summed E-state index contributed by atoms with van der Waals surface area (Å²) in [5.41, 5.74) is 7.49. The van der Waals surface area contributed by atoms with Crippen molar-refractivity contribution >= 4 is 0 Å². The van der Waals surface area contributed by atoms with Crippen molar-refractivity contribution in [3.63, 3.8) is 0 Å². The van der Waals surface area contributed by atoms with Gasteiger partial charge in [0.05, 0.1) is 11.7 Å². The van der Waals surface area contributed by atoms with E-state index >= 15 is 0 Å². The Kier molecular flexibility index (Phi) is 3.14. The van der Waals surface area contributed by atoms with Gasteiger partial charge in [0.2, 0.25) is 0 Å². The van der Waals surface area contributed by atoms with E-state index in [-0.39, 0.29) is 6.04 Å². The fraction of sp³-hybridized carbons (Fsp3) is 0.600. The summed E-state index contributed by atoms with van der Waals surface area (Å²) in [5.74, 6) is 0. The van der Waals surface area contributed by atoms with Gasteiger partial charge < -0.3 is 15.6 Å². The summed E-state index contributed by atoms with van der Waals surface area (Å²) in [7, 11) is 0. The predicted octanol–water partition coefficient (Wildman–Crippen LogP) is 2.24. The van der Waals surface area contributed by atoms with Gasteiger partial charge in [-0.1, -0.05) is 24.3 Å². The van der Waals surface area contributed by atoms with E-state index in [9.17, 15) is 5.11 Å². The summed E-state index contributed by atoms with van der Waals surface area (Å²) in [6, 6.07) is 7.98. The highest BCUT2D eigenvalue weighted by molar-refractivity contribution is 5.39. The van der Waals surface area contributed by atoms with Gasteiger partial charge in [0, 0.05) is 12.6 Å². The minimum absolute atomic E-state index is 0.0318. The zero-order chi connectivity index (χ0) is 12.6. The first-order chi connectivity index (χ1) is 8.69. The normalized spacial score (nSPS) is 34.8. The molecule has 1 heterocycles. The monoisotopic (exact) mass is 247 g/mol. The van der Waals surface area contributed by atoms with Crippen LogP contribution in [0.25, 0.3) is 0 Å². The van der Waals surface area contributed by atoms with E-state index in [1.165, 1.54) is 0 Å². The molecule has 0 amide bonds. The summed E-state index contributed by atoms with van der Waals surface area (Å²) in [5, 5.41) is 10.8. The van der Waals surface area contributed by atoms with Crippen molar-refractivity contribution < 1.29 is 9.84 Å². The van der Waals surface area contributed by atoms with Crippen molar-refractivity contribution in [3.05, 3.63) is 35.4 Å². The number of nitrogens with two attached hydrogens (primary N) is 1. The molecule has 2 aliphatic rings. The van der Waals surface area contributed by atoms with E-state index in [0.29, 0.717) is 12.5 Å². The Morgan fingerprint density at radius 2 is 2.22 bits per heavy atom. The maximum Gasteiger partial charge on any atom is 0.0918 e. The Morgan fingerprint density at radius 3 is 3.00 bits per heavy atom. The Bertz CT molecular complexity index is 428. The molecule has 18 heavy (non-hydrogen) atoms. The fourth-order valence-electron chi connectivity index (χ4n) is 3.34. The van der Waals surface area contributed by atoms with Crippen LogP contribution in [0.15, 0.2) is 24.3 Å². The summed E-state index contributed by atoms with van der Waals surface area (Å²) in [6.07, 6.45) is 4.93. The highest BCUT2D eigenvalue weighted by Gasteiger charge is 2.40. The first-order valence-electron chi connectivity index (χ1n) is 6.88. The van der Waals surface area contributed by atoms with Gasteiger partial charge in [0.25, 0.3) is 0 Å². The van der Waals surface area contributed by atoms with Crippen LogP contribution in [-0.4, -0.2) is 17.8 Å². The summed E-state index contributed by atoms with van der Waals surface area (Å²) in [4.78, 5) is 0. The highest BCUT2D eigenvalue weighted by Crippen LogP contribution is 2.45. The van der Waals surface area contributed by atoms with Gasteiger partial charge >= 0.3 is 0 Å². The zero-order valence-corrected chi connectivity index (χ0v) is 10.6. The van der Waals surface area contributed by atoms with Crippen molar-refractivity contribution in [3.8, 4) is 0 Å². The number of hydrogen-bond donors (Lipinski definition) is 2. The molecule has 3 unspecified atom stereocenters.